The molecule has 0 saturated heterocycles. The zero-order valence-corrected chi connectivity index (χ0v) is 19.3. The van der Waals surface area contributed by atoms with Crippen molar-refractivity contribution in [3.63, 3.8) is 0 Å². The number of nitrogens with zero attached hydrogens (tertiary/aromatic N) is 2. The number of amides is 2. The van der Waals surface area contributed by atoms with E-state index >= 15 is 0 Å². The molecule has 0 atom stereocenters. The van der Waals surface area contributed by atoms with Crippen LogP contribution in [0.3, 0.4) is 0 Å². The van der Waals surface area contributed by atoms with E-state index in [2.05, 4.69) is 25.9 Å². The van der Waals surface area contributed by atoms with Crippen molar-refractivity contribution in [2.75, 3.05) is 23.1 Å². The van der Waals surface area contributed by atoms with Crippen LogP contribution >= 0.6 is 0 Å². The molecular weight excluding hydrogens is 457 g/mol. The lowest BCUT2D eigenvalue weighted by Gasteiger charge is -2.12. The lowest BCUT2D eigenvalue weighted by molar-refractivity contribution is 0.262. The van der Waals surface area contributed by atoms with Crippen LogP contribution < -0.4 is 20.7 Å². The Morgan fingerprint density at radius 2 is 1.47 bits per heavy atom. The number of carbonyl (C=O) groups is 1. The van der Waals surface area contributed by atoms with E-state index in [1.807, 2.05) is 54.6 Å². The Morgan fingerprint density at radius 1 is 0.778 bits per heavy atom. The fourth-order valence-electron chi connectivity index (χ4n) is 3.79. The van der Waals surface area contributed by atoms with Crippen LogP contribution in [0.5, 0.6) is 5.75 Å². The van der Waals surface area contributed by atoms with Gasteiger partial charge in [-0.15, -0.1) is 0 Å². The fourth-order valence-corrected chi connectivity index (χ4v) is 3.79. The summed E-state index contributed by atoms with van der Waals surface area (Å²) in [6, 6.07) is 26.3. The highest BCUT2D eigenvalue weighted by molar-refractivity contribution is 6.00. The molecule has 3 N–H and O–H groups in total. The average Bonchev–Trinajstić information content (AvgIpc) is 2.89. The molecule has 0 radical (unpaired) electrons. The Balaban J connectivity index is 1.33. The van der Waals surface area contributed by atoms with Crippen molar-refractivity contribution in [1.82, 2.24) is 9.97 Å². The number of fused-ring (bicyclic) bond motifs is 1. The molecule has 5 rings (SSSR count). The lowest BCUT2D eigenvalue weighted by atomic mass is 10.0. The second-order valence-electron chi connectivity index (χ2n) is 7.98. The molecule has 0 aliphatic heterocycles. The number of nitrogens with one attached hydrogen (secondary N) is 3. The predicted molar refractivity (Wildman–Crippen MR) is 140 cm³/mol. The van der Waals surface area contributed by atoms with E-state index in [9.17, 15) is 9.18 Å². The standard InChI is InChI=1S/C28H22FN5O2/c1-36-24-11-8-18(9-12-24)19-10-13-25-26(14-19)30-17-31-27(25)32-22-6-3-7-23(16-22)34-28(35)33-21-5-2-4-20(29)15-21/h2-17H,1H3,(H,30,31,32)(H2,33,34,35). The maximum Gasteiger partial charge on any atom is 0.323 e. The molecule has 2 amide bonds. The first kappa shape index (κ1) is 22.8. The molecule has 0 fully saturated rings. The van der Waals surface area contributed by atoms with Crippen LogP contribution in [0.2, 0.25) is 0 Å². The first-order valence-corrected chi connectivity index (χ1v) is 11.2. The summed E-state index contributed by atoms with van der Waals surface area (Å²) in [4.78, 5) is 21.2. The van der Waals surface area contributed by atoms with E-state index in [1.54, 1.807) is 25.3 Å². The summed E-state index contributed by atoms with van der Waals surface area (Å²) < 4.78 is 18.6. The van der Waals surface area contributed by atoms with Crippen molar-refractivity contribution in [2.45, 2.75) is 0 Å². The van der Waals surface area contributed by atoms with E-state index in [0.717, 1.165) is 33.5 Å². The van der Waals surface area contributed by atoms with Crippen LogP contribution in [0.15, 0.2) is 97.3 Å². The van der Waals surface area contributed by atoms with Crippen LogP contribution in [0.1, 0.15) is 0 Å². The monoisotopic (exact) mass is 479 g/mol. The molecule has 36 heavy (non-hydrogen) atoms. The van der Waals surface area contributed by atoms with Crippen LogP contribution in [0, 0.1) is 5.82 Å². The molecule has 8 heteroatoms. The second-order valence-corrected chi connectivity index (χ2v) is 7.98. The van der Waals surface area contributed by atoms with Crippen molar-refractivity contribution in [3.8, 4) is 16.9 Å². The molecule has 0 aliphatic rings. The van der Waals surface area contributed by atoms with Gasteiger partial charge in [0.05, 0.1) is 12.6 Å². The highest BCUT2D eigenvalue weighted by Gasteiger charge is 2.09. The minimum Gasteiger partial charge on any atom is -0.497 e. The summed E-state index contributed by atoms with van der Waals surface area (Å²) in [5.41, 5.74) is 4.55. The maximum atomic E-state index is 13.4. The number of methoxy groups -OCH3 is 1. The molecule has 0 unspecified atom stereocenters. The van der Waals surface area contributed by atoms with E-state index in [4.69, 9.17) is 4.74 Å². The number of urea groups is 1. The normalized spacial score (nSPS) is 10.6. The van der Waals surface area contributed by atoms with Crippen LogP contribution in [-0.4, -0.2) is 23.1 Å². The minimum atomic E-state index is -0.476. The average molecular weight is 480 g/mol. The predicted octanol–water partition coefficient (Wildman–Crippen LogP) is 6.83. The number of ether oxygens (including phenoxy) is 1. The molecule has 1 heterocycles. The van der Waals surface area contributed by atoms with Gasteiger partial charge < -0.3 is 20.7 Å². The summed E-state index contributed by atoms with van der Waals surface area (Å²) in [7, 11) is 1.64. The highest BCUT2D eigenvalue weighted by atomic mass is 19.1. The molecule has 5 aromatic rings. The highest BCUT2D eigenvalue weighted by Crippen LogP contribution is 2.29. The van der Waals surface area contributed by atoms with E-state index in [1.165, 1.54) is 24.5 Å². The molecule has 1 aromatic heterocycles. The number of halogens is 1. The Kier molecular flexibility index (Phi) is 6.40. The quantitative estimate of drug-likeness (QED) is 0.248. The molecule has 178 valence electrons. The van der Waals surface area contributed by atoms with Gasteiger partial charge >= 0.3 is 6.03 Å². The van der Waals surface area contributed by atoms with Crippen LogP contribution in [0.4, 0.5) is 32.1 Å². The van der Waals surface area contributed by atoms with E-state index in [-0.39, 0.29) is 0 Å². The zero-order valence-electron chi connectivity index (χ0n) is 19.3. The number of benzene rings is 4. The van der Waals surface area contributed by atoms with E-state index in [0.29, 0.717) is 17.2 Å². The molecule has 0 spiro atoms. The topological polar surface area (TPSA) is 88.2 Å². The Hall–Kier alpha value is -4.98. The van der Waals surface area contributed by atoms with Gasteiger partial charge in [-0.1, -0.05) is 30.3 Å². The van der Waals surface area contributed by atoms with Gasteiger partial charge in [-0.2, -0.15) is 0 Å². The van der Waals surface area contributed by atoms with Crippen molar-refractivity contribution in [3.05, 3.63) is 103 Å². The zero-order chi connectivity index (χ0) is 24.9. The Labute approximate surface area is 207 Å². The third-order valence-corrected chi connectivity index (χ3v) is 5.53. The van der Waals surface area contributed by atoms with Gasteiger partial charge in [0.2, 0.25) is 0 Å². The van der Waals surface area contributed by atoms with Gasteiger partial charge in [-0.3, -0.25) is 0 Å². The second kappa shape index (κ2) is 10.1. The molecule has 0 saturated carbocycles. The van der Waals surface area contributed by atoms with Gasteiger partial charge in [-0.05, 0) is 71.8 Å². The molecule has 0 aliphatic carbocycles. The van der Waals surface area contributed by atoms with E-state index < -0.39 is 11.8 Å². The number of hydrogen-bond acceptors (Lipinski definition) is 5. The minimum absolute atomic E-state index is 0.364. The van der Waals surface area contributed by atoms with Crippen molar-refractivity contribution in [1.29, 1.82) is 0 Å². The Morgan fingerprint density at radius 3 is 2.22 bits per heavy atom. The first-order valence-electron chi connectivity index (χ1n) is 11.2. The lowest BCUT2D eigenvalue weighted by Crippen LogP contribution is -2.19. The van der Waals surface area contributed by atoms with Gasteiger partial charge in [0.1, 0.15) is 23.7 Å². The maximum absolute atomic E-state index is 13.4. The number of hydrogen-bond donors (Lipinski definition) is 3. The summed E-state index contributed by atoms with van der Waals surface area (Å²) >= 11 is 0. The summed E-state index contributed by atoms with van der Waals surface area (Å²) in [6.07, 6.45) is 1.51. The number of rotatable bonds is 6. The summed E-state index contributed by atoms with van der Waals surface area (Å²) in [5.74, 6) is 1.02. The molecular formula is C28H22FN5O2. The van der Waals surface area contributed by atoms with Crippen molar-refractivity contribution in [2.24, 2.45) is 0 Å². The first-order chi connectivity index (χ1) is 17.6. The fraction of sp³-hybridized carbons (Fsp3) is 0.0357. The van der Waals surface area contributed by atoms with Gasteiger partial charge in [0.15, 0.2) is 0 Å². The smallest absolute Gasteiger partial charge is 0.323 e. The summed E-state index contributed by atoms with van der Waals surface area (Å²) in [6.45, 7) is 0. The summed E-state index contributed by atoms with van der Waals surface area (Å²) in [5, 5.41) is 9.53. The third kappa shape index (κ3) is 5.23. The van der Waals surface area contributed by atoms with Crippen LogP contribution in [0.25, 0.3) is 22.0 Å². The molecule has 4 aromatic carbocycles. The van der Waals surface area contributed by atoms with Gasteiger partial charge in [0, 0.05) is 22.4 Å². The molecule has 0 bridgehead atoms. The number of anilines is 4. The third-order valence-electron chi connectivity index (χ3n) is 5.53. The molecule has 7 nitrogen and oxygen atoms in total. The Bertz CT molecular complexity index is 1540. The van der Waals surface area contributed by atoms with Crippen LogP contribution in [-0.2, 0) is 0 Å². The van der Waals surface area contributed by atoms with Gasteiger partial charge in [0.25, 0.3) is 0 Å². The number of carbonyl (C=O) groups excluding carboxylic acids is 1. The SMILES string of the molecule is COc1ccc(-c2ccc3c(Nc4cccc(NC(=O)Nc5cccc(F)c5)c4)ncnc3c2)cc1. The van der Waals surface area contributed by atoms with Crippen molar-refractivity contribution >= 4 is 39.8 Å². The van der Waals surface area contributed by atoms with Crippen molar-refractivity contribution < 1.29 is 13.9 Å². The van der Waals surface area contributed by atoms with Gasteiger partial charge in [-0.25, -0.2) is 19.2 Å². The largest absolute Gasteiger partial charge is 0.497 e. The number of aromatic nitrogens is 2.